The highest BCUT2D eigenvalue weighted by atomic mass is 16.5. The van der Waals surface area contributed by atoms with Crippen LogP contribution in [0.2, 0.25) is 0 Å². The van der Waals surface area contributed by atoms with Crippen LogP contribution in [0.15, 0.2) is 18.3 Å². The molecule has 1 aromatic rings. The Morgan fingerprint density at radius 3 is 2.85 bits per heavy atom. The van der Waals surface area contributed by atoms with Gasteiger partial charge in [-0.15, -0.1) is 0 Å². The van der Waals surface area contributed by atoms with Gasteiger partial charge in [-0.2, -0.15) is 0 Å². The fourth-order valence-corrected chi connectivity index (χ4v) is 1.95. The number of carbonyl (C=O) groups excluding carboxylic acids is 1. The number of ether oxygens (including phenoxy) is 2. The molecule has 1 aliphatic rings. The Morgan fingerprint density at radius 2 is 2.35 bits per heavy atom. The van der Waals surface area contributed by atoms with Crippen molar-refractivity contribution in [3.8, 4) is 0 Å². The number of aromatic carboxylic acids is 1. The van der Waals surface area contributed by atoms with E-state index in [9.17, 15) is 9.59 Å². The summed E-state index contributed by atoms with van der Waals surface area (Å²) in [5.74, 6) is -1.45. The maximum absolute atomic E-state index is 11.9. The van der Waals surface area contributed by atoms with Gasteiger partial charge in [0.05, 0.1) is 12.2 Å². The molecule has 1 atom stereocenters. The Labute approximate surface area is 115 Å². The molecule has 0 aliphatic carbocycles. The quantitative estimate of drug-likeness (QED) is 0.806. The SMILES string of the molecule is COC1(CNC(=O)c2ccc(C(=O)O)cn2)CCOC1. The Balaban J connectivity index is 1.96. The lowest BCUT2D eigenvalue weighted by atomic mass is 10.0. The molecule has 0 radical (unpaired) electrons. The molecule has 7 nitrogen and oxygen atoms in total. The van der Waals surface area contributed by atoms with Gasteiger partial charge < -0.3 is 19.9 Å². The van der Waals surface area contributed by atoms with Crippen molar-refractivity contribution in [3.05, 3.63) is 29.6 Å². The van der Waals surface area contributed by atoms with Crippen molar-refractivity contribution < 1.29 is 24.2 Å². The van der Waals surface area contributed by atoms with Crippen molar-refractivity contribution in [2.24, 2.45) is 0 Å². The first kappa shape index (κ1) is 14.4. The third kappa shape index (κ3) is 3.12. The summed E-state index contributed by atoms with van der Waals surface area (Å²) in [6, 6.07) is 2.72. The van der Waals surface area contributed by atoms with Gasteiger partial charge in [-0.25, -0.2) is 4.79 Å². The van der Waals surface area contributed by atoms with E-state index in [2.05, 4.69) is 10.3 Å². The van der Waals surface area contributed by atoms with Gasteiger partial charge in [0.2, 0.25) is 0 Å². The molecule has 0 spiro atoms. The smallest absolute Gasteiger partial charge is 0.337 e. The molecule has 2 N–H and O–H groups in total. The van der Waals surface area contributed by atoms with E-state index in [1.54, 1.807) is 7.11 Å². The number of nitrogens with zero attached hydrogens (tertiary/aromatic N) is 1. The lowest BCUT2D eigenvalue weighted by Crippen LogP contribution is -2.45. The maximum atomic E-state index is 11.9. The maximum Gasteiger partial charge on any atom is 0.337 e. The molecular formula is C13H16N2O5. The van der Waals surface area contributed by atoms with E-state index in [1.807, 2.05) is 0 Å². The first-order chi connectivity index (χ1) is 9.56. The largest absolute Gasteiger partial charge is 0.478 e. The second-order valence-electron chi connectivity index (χ2n) is 4.61. The summed E-state index contributed by atoms with van der Waals surface area (Å²) >= 11 is 0. The Hall–Kier alpha value is -1.99. The average molecular weight is 280 g/mol. The van der Waals surface area contributed by atoms with E-state index >= 15 is 0 Å². The van der Waals surface area contributed by atoms with Crippen molar-refractivity contribution >= 4 is 11.9 Å². The van der Waals surface area contributed by atoms with Crippen molar-refractivity contribution in [3.63, 3.8) is 0 Å². The predicted molar refractivity (Wildman–Crippen MR) is 68.7 cm³/mol. The van der Waals surface area contributed by atoms with Crippen LogP contribution in [0.4, 0.5) is 0 Å². The summed E-state index contributed by atoms with van der Waals surface area (Å²) in [5.41, 5.74) is -0.282. The second kappa shape index (κ2) is 5.98. The minimum absolute atomic E-state index is 0.0408. The summed E-state index contributed by atoms with van der Waals surface area (Å²) in [6.07, 6.45) is 1.87. The zero-order valence-electron chi connectivity index (χ0n) is 11.1. The molecule has 1 unspecified atom stereocenters. The van der Waals surface area contributed by atoms with Crippen molar-refractivity contribution in [2.45, 2.75) is 12.0 Å². The average Bonchev–Trinajstić information content (AvgIpc) is 2.94. The topological polar surface area (TPSA) is 97.8 Å². The number of hydrogen-bond acceptors (Lipinski definition) is 5. The Kier molecular flexibility index (Phi) is 4.31. The van der Waals surface area contributed by atoms with Crippen LogP contribution in [0.3, 0.4) is 0 Å². The third-order valence-corrected chi connectivity index (χ3v) is 3.31. The van der Waals surface area contributed by atoms with Crippen molar-refractivity contribution in [1.82, 2.24) is 10.3 Å². The van der Waals surface area contributed by atoms with Crippen LogP contribution in [-0.2, 0) is 9.47 Å². The number of hydrogen-bond donors (Lipinski definition) is 2. The number of amides is 1. The van der Waals surface area contributed by atoms with Gasteiger partial charge in [-0.3, -0.25) is 9.78 Å². The Bertz CT molecular complexity index is 494. The summed E-state index contributed by atoms with van der Waals surface area (Å²) in [6.45, 7) is 1.37. The highest BCUT2D eigenvalue weighted by molar-refractivity contribution is 5.93. The Morgan fingerprint density at radius 1 is 1.55 bits per heavy atom. The number of nitrogens with one attached hydrogen (secondary N) is 1. The van der Waals surface area contributed by atoms with Crippen LogP contribution in [0.1, 0.15) is 27.3 Å². The van der Waals surface area contributed by atoms with Gasteiger partial charge in [0.25, 0.3) is 5.91 Å². The normalized spacial score (nSPS) is 21.6. The summed E-state index contributed by atoms with van der Waals surface area (Å²) in [4.78, 5) is 26.4. The summed E-state index contributed by atoms with van der Waals surface area (Å²) in [5, 5.41) is 11.5. The first-order valence-electron chi connectivity index (χ1n) is 6.17. The lowest BCUT2D eigenvalue weighted by molar-refractivity contribution is -0.0149. The fourth-order valence-electron chi connectivity index (χ4n) is 1.95. The molecule has 1 aliphatic heterocycles. The first-order valence-corrected chi connectivity index (χ1v) is 6.17. The van der Waals surface area contributed by atoms with Crippen LogP contribution in [0.25, 0.3) is 0 Å². The van der Waals surface area contributed by atoms with Crippen LogP contribution in [-0.4, -0.2) is 54.4 Å². The van der Waals surface area contributed by atoms with Crippen LogP contribution in [0, 0.1) is 0 Å². The van der Waals surface area contributed by atoms with E-state index in [1.165, 1.54) is 12.1 Å². The van der Waals surface area contributed by atoms with Gasteiger partial charge in [0.1, 0.15) is 11.3 Å². The molecule has 7 heteroatoms. The number of rotatable bonds is 5. The molecule has 1 fully saturated rings. The van der Waals surface area contributed by atoms with Crippen molar-refractivity contribution in [1.29, 1.82) is 0 Å². The molecular weight excluding hydrogens is 264 g/mol. The highest BCUT2D eigenvalue weighted by Gasteiger charge is 2.35. The standard InChI is InChI=1S/C13H16N2O5/c1-19-13(4-5-20-8-13)7-15-11(16)10-3-2-9(6-14-10)12(17)18/h2-3,6H,4-5,7-8H2,1H3,(H,15,16)(H,17,18). The monoisotopic (exact) mass is 280 g/mol. The number of carboxylic acid groups (broad SMARTS) is 1. The van der Waals surface area contributed by atoms with Gasteiger partial charge in [0.15, 0.2) is 0 Å². The minimum Gasteiger partial charge on any atom is -0.478 e. The molecule has 1 aromatic heterocycles. The van der Waals surface area contributed by atoms with Crippen molar-refractivity contribution in [2.75, 3.05) is 26.9 Å². The number of methoxy groups -OCH3 is 1. The minimum atomic E-state index is -1.08. The lowest BCUT2D eigenvalue weighted by Gasteiger charge is -2.25. The zero-order chi connectivity index (χ0) is 14.6. The summed E-state index contributed by atoms with van der Waals surface area (Å²) < 4.78 is 10.7. The predicted octanol–water partition coefficient (Wildman–Crippen LogP) is 0.315. The summed E-state index contributed by atoms with van der Waals surface area (Å²) in [7, 11) is 1.58. The molecule has 1 saturated heterocycles. The van der Waals surface area contributed by atoms with Gasteiger partial charge in [-0.1, -0.05) is 0 Å². The van der Waals surface area contributed by atoms with Gasteiger partial charge in [-0.05, 0) is 12.1 Å². The second-order valence-corrected chi connectivity index (χ2v) is 4.61. The highest BCUT2D eigenvalue weighted by Crippen LogP contribution is 2.21. The van der Waals surface area contributed by atoms with Crippen LogP contribution >= 0.6 is 0 Å². The third-order valence-electron chi connectivity index (χ3n) is 3.31. The molecule has 0 bridgehead atoms. The van der Waals surface area contributed by atoms with Gasteiger partial charge in [0, 0.05) is 32.9 Å². The van der Waals surface area contributed by atoms with E-state index in [4.69, 9.17) is 14.6 Å². The number of pyridine rings is 1. The molecule has 2 rings (SSSR count). The van der Waals surface area contributed by atoms with E-state index in [0.29, 0.717) is 19.8 Å². The number of carboxylic acids is 1. The van der Waals surface area contributed by atoms with E-state index in [0.717, 1.165) is 12.6 Å². The van der Waals surface area contributed by atoms with E-state index in [-0.39, 0.29) is 17.2 Å². The number of carbonyl (C=O) groups is 2. The van der Waals surface area contributed by atoms with Gasteiger partial charge >= 0.3 is 5.97 Å². The molecule has 20 heavy (non-hydrogen) atoms. The molecule has 2 heterocycles. The van der Waals surface area contributed by atoms with E-state index < -0.39 is 11.6 Å². The fraction of sp³-hybridized carbons (Fsp3) is 0.462. The molecule has 0 aromatic carbocycles. The zero-order valence-corrected chi connectivity index (χ0v) is 11.1. The molecule has 1 amide bonds. The molecule has 108 valence electrons. The molecule has 0 saturated carbocycles. The van der Waals surface area contributed by atoms with Crippen LogP contribution in [0.5, 0.6) is 0 Å². The van der Waals surface area contributed by atoms with Crippen LogP contribution < -0.4 is 5.32 Å². The number of aromatic nitrogens is 1.